The van der Waals surface area contributed by atoms with Crippen LogP contribution >= 0.6 is 0 Å². The summed E-state index contributed by atoms with van der Waals surface area (Å²) in [5, 5.41) is 6.77. The highest BCUT2D eigenvalue weighted by Gasteiger charge is 2.06. The van der Waals surface area contributed by atoms with Crippen LogP contribution in [0.5, 0.6) is 5.75 Å². The summed E-state index contributed by atoms with van der Waals surface area (Å²) in [5.41, 5.74) is 1.13. The number of ether oxygens (including phenoxy) is 1. The van der Waals surface area contributed by atoms with E-state index in [4.69, 9.17) is 4.74 Å². The van der Waals surface area contributed by atoms with Crippen LogP contribution in [0.4, 0.5) is 0 Å². The number of hydrogen-bond acceptors (Lipinski definition) is 2. The van der Waals surface area contributed by atoms with Crippen molar-refractivity contribution in [2.24, 2.45) is 4.99 Å². The second-order valence-corrected chi connectivity index (χ2v) is 5.28. The Hall–Kier alpha value is -1.71. The third-order valence-electron chi connectivity index (χ3n) is 3.49. The molecule has 1 unspecified atom stereocenters. The van der Waals surface area contributed by atoms with Crippen LogP contribution in [-0.4, -0.2) is 26.2 Å². The fourth-order valence-electron chi connectivity index (χ4n) is 2.23. The van der Waals surface area contributed by atoms with Crippen molar-refractivity contribution in [1.29, 1.82) is 0 Å². The van der Waals surface area contributed by atoms with Crippen molar-refractivity contribution in [1.82, 2.24) is 10.6 Å². The van der Waals surface area contributed by atoms with Gasteiger partial charge in [-0.1, -0.05) is 44.4 Å². The van der Waals surface area contributed by atoms with Gasteiger partial charge in [0.25, 0.3) is 0 Å². The average molecular weight is 291 g/mol. The Morgan fingerprint density at radius 1 is 1.29 bits per heavy atom. The Bertz CT molecular complexity index is 432. The van der Waals surface area contributed by atoms with Gasteiger partial charge in [-0.05, 0) is 19.4 Å². The van der Waals surface area contributed by atoms with Gasteiger partial charge in [-0.3, -0.25) is 4.99 Å². The van der Waals surface area contributed by atoms with Crippen molar-refractivity contribution < 1.29 is 4.74 Å². The third kappa shape index (κ3) is 6.52. The largest absolute Gasteiger partial charge is 0.496 e. The van der Waals surface area contributed by atoms with Gasteiger partial charge in [0, 0.05) is 25.2 Å². The van der Waals surface area contributed by atoms with Crippen LogP contribution in [0.3, 0.4) is 0 Å². The molecule has 4 nitrogen and oxygen atoms in total. The molecule has 21 heavy (non-hydrogen) atoms. The first-order valence-electron chi connectivity index (χ1n) is 7.80. The number of aliphatic imine (C=N–C) groups is 1. The molecule has 0 spiro atoms. The molecule has 0 fully saturated rings. The maximum absolute atomic E-state index is 5.36. The molecular formula is C17H29N3O. The summed E-state index contributed by atoms with van der Waals surface area (Å²) in [6.45, 7) is 5.13. The minimum Gasteiger partial charge on any atom is -0.496 e. The number of methoxy groups -OCH3 is 1. The van der Waals surface area contributed by atoms with Crippen LogP contribution in [0.2, 0.25) is 0 Å². The van der Waals surface area contributed by atoms with E-state index >= 15 is 0 Å². The monoisotopic (exact) mass is 291 g/mol. The van der Waals surface area contributed by atoms with E-state index in [0.717, 1.165) is 17.3 Å². The molecule has 4 heteroatoms. The molecule has 2 N–H and O–H groups in total. The topological polar surface area (TPSA) is 45.7 Å². The van der Waals surface area contributed by atoms with Crippen LogP contribution in [0.1, 0.15) is 45.1 Å². The predicted octanol–water partition coefficient (Wildman–Crippen LogP) is 3.33. The van der Waals surface area contributed by atoms with Gasteiger partial charge in [-0.2, -0.15) is 0 Å². The quantitative estimate of drug-likeness (QED) is 0.439. The number of hydrogen-bond donors (Lipinski definition) is 2. The van der Waals surface area contributed by atoms with E-state index < -0.39 is 0 Å². The summed E-state index contributed by atoms with van der Waals surface area (Å²) in [4.78, 5) is 4.28. The number of para-hydroxylation sites is 1. The van der Waals surface area contributed by atoms with Gasteiger partial charge in [0.15, 0.2) is 5.96 Å². The lowest BCUT2D eigenvalue weighted by atomic mass is 10.1. The zero-order valence-corrected chi connectivity index (χ0v) is 13.8. The molecule has 0 amide bonds. The van der Waals surface area contributed by atoms with E-state index in [-0.39, 0.29) is 0 Å². The molecule has 0 radical (unpaired) electrons. The minimum absolute atomic E-state index is 0.431. The van der Waals surface area contributed by atoms with Crippen LogP contribution in [0.25, 0.3) is 0 Å². The van der Waals surface area contributed by atoms with E-state index in [1.54, 1.807) is 14.2 Å². The highest BCUT2D eigenvalue weighted by atomic mass is 16.5. The van der Waals surface area contributed by atoms with Crippen LogP contribution in [0, 0.1) is 0 Å². The fraction of sp³-hybridized carbons (Fsp3) is 0.588. The van der Waals surface area contributed by atoms with Crippen molar-refractivity contribution in [3.63, 3.8) is 0 Å². The zero-order valence-electron chi connectivity index (χ0n) is 13.8. The molecule has 0 aliphatic rings. The molecule has 0 saturated carbocycles. The lowest BCUT2D eigenvalue weighted by molar-refractivity contribution is 0.409. The number of nitrogens with zero attached hydrogens (tertiary/aromatic N) is 1. The smallest absolute Gasteiger partial charge is 0.191 e. The highest BCUT2D eigenvalue weighted by Crippen LogP contribution is 2.16. The van der Waals surface area contributed by atoms with Crippen molar-refractivity contribution >= 4 is 5.96 Å². The van der Waals surface area contributed by atoms with Gasteiger partial charge < -0.3 is 15.4 Å². The molecule has 1 rings (SSSR count). The predicted molar refractivity (Wildman–Crippen MR) is 89.9 cm³/mol. The molecule has 0 aliphatic heterocycles. The fourth-order valence-corrected chi connectivity index (χ4v) is 2.23. The molecular weight excluding hydrogens is 262 g/mol. The Kier molecular flexibility index (Phi) is 8.32. The lowest BCUT2D eigenvalue weighted by Crippen LogP contribution is -2.41. The van der Waals surface area contributed by atoms with Crippen molar-refractivity contribution in [3.8, 4) is 5.75 Å². The van der Waals surface area contributed by atoms with Gasteiger partial charge in [-0.15, -0.1) is 0 Å². The van der Waals surface area contributed by atoms with E-state index in [1.807, 2.05) is 18.2 Å². The summed E-state index contributed by atoms with van der Waals surface area (Å²) in [6, 6.07) is 8.46. The Morgan fingerprint density at radius 2 is 2.05 bits per heavy atom. The summed E-state index contributed by atoms with van der Waals surface area (Å²) in [7, 11) is 3.50. The second-order valence-electron chi connectivity index (χ2n) is 5.28. The molecule has 0 aliphatic carbocycles. The zero-order chi connectivity index (χ0) is 15.5. The maximum atomic E-state index is 5.36. The van der Waals surface area contributed by atoms with E-state index in [1.165, 1.54) is 25.7 Å². The van der Waals surface area contributed by atoms with E-state index in [0.29, 0.717) is 12.6 Å². The molecule has 1 aromatic rings. The molecule has 0 heterocycles. The third-order valence-corrected chi connectivity index (χ3v) is 3.49. The van der Waals surface area contributed by atoms with Crippen molar-refractivity contribution in [2.75, 3.05) is 14.2 Å². The van der Waals surface area contributed by atoms with Gasteiger partial charge >= 0.3 is 0 Å². The average Bonchev–Trinajstić information content (AvgIpc) is 2.51. The number of unbranched alkanes of at least 4 members (excludes halogenated alkanes) is 2. The highest BCUT2D eigenvalue weighted by molar-refractivity contribution is 5.79. The number of guanidine groups is 1. The maximum Gasteiger partial charge on any atom is 0.191 e. The van der Waals surface area contributed by atoms with E-state index in [9.17, 15) is 0 Å². The van der Waals surface area contributed by atoms with Gasteiger partial charge in [0.1, 0.15) is 5.75 Å². The SMILES string of the molecule is CCCCCC(C)NC(=NC)NCc1ccccc1OC. The Balaban J connectivity index is 2.44. The molecule has 0 bridgehead atoms. The summed E-state index contributed by atoms with van der Waals surface area (Å²) in [6.07, 6.45) is 4.98. The molecule has 1 atom stereocenters. The van der Waals surface area contributed by atoms with Crippen LogP contribution in [-0.2, 0) is 6.54 Å². The standard InChI is InChI=1S/C17H29N3O/c1-5-6-7-10-14(2)20-17(18-3)19-13-15-11-8-9-12-16(15)21-4/h8-9,11-12,14H,5-7,10,13H2,1-4H3,(H2,18,19,20). The Labute approximate surface area is 129 Å². The molecule has 1 aromatic carbocycles. The molecule has 0 saturated heterocycles. The van der Waals surface area contributed by atoms with Gasteiger partial charge in [0.05, 0.1) is 7.11 Å². The molecule has 118 valence electrons. The van der Waals surface area contributed by atoms with Crippen LogP contribution < -0.4 is 15.4 Å². The first kappa shape index (κ1) is 17.3. The lowest BCUT2D eigenvalue weighted by Gasteiger charge is -2.18. The first-order valence-corrected chi connectivity index (χ1v) is 7.80. The van der Waals surface area contributed by atoms with Crippen molar-refractivity contribution in [2.45, 2.75) is 52.1 Å². The second kappa shape index (κ2) is 10.1. The number of benzene rings is 1. The Morgan fingerprint density at radius 3 is 2.71 bits per heavy atom. The van der Waals surface area contributed by atoms with Crippen LogP contribution in [0.15, 0.2) is 29.3 Å². The number of nitrogens with one attached hydrogen (secondary N) is 2. The summed E-state index contributed by atoms with van der Waals surface area (Å²) < 4.78 is 5.36. The summed E-state index contributed by atoms with van der Waals surface area (Å²) >= 11 is 0. The summed E-state index contributed by atoms with van der Waals surface area (Å²) in [5.74, 6) is 1.74. The van der Waals surface area contributed by atoms with Gasteiger partial charge in [-0.25, -0.2) is 0 Å². The first-order chi connectivity index (χ1) is 10.2. The van der Waals surface area contributed by atoms with E-state index in [2.05, 4.69) is 35.5 Å². The normalized spacial score (nSPS) is 12.9. The number of rotatable bonds is 8. The van der Waals surface area contributed by atoms with Gasteiger partial charge in [0.2, 0.25) is 0 Å². The van der Waals surface area contributed by atoms with Crippen molar-refractivity contribution in [3.05, 3.63) is 29.8 Å². The minimum atomic E-state index is 0.431. The molecule has 0 aromatic heterocycles.